The van der Waals surface area contributed by atoms with Crippen LogP contribution in [0.5, 0.6) is 0 Å². The molecule has 2 aliphatic carbocycles. The van der Waals surface area contributed by atoms with Gasteiger partial charge in [0.05, 0.1) is 23.3 Å². The fourth-order valence-corrected chi connectivity index (χ4v) is 7.81. The Morgan fingerprint density at radius 2 is 1.29 bits per heavy atom. The SMILES string of the molecule is C=C1[C@H](OC(=O)C(C)C)[C@@H](OC(C)=O)[C@@H](OC(C)=O)C(C)(C)/C=C/[C@H](C)[C@H](OC(=O)c2ccccc2)[C@@]2(O)C[C@@](C)(OC(C)=O)[C@H](OC(C)=O)[C@@H]2[C@H]1OC(=O)C(C)CC. The molecule has 0 aliphatic heterocycles. The number of carbonyl (C=O) groups is 7. The van der Waals surface area contributed by atoms with E-state index in [1.54, 1.807) is 78.8 Å². The van der Waals surface area contributed by atoms with Gasteiger partial charge in [0.2, 0.25) is 0 Å². The van der Waals surface area contributed by atoms with Crippen LogP contribution in [0.3, 0.4) is 0 Å². The van der Waals surface area contributed by atoms with Gasteiger partial charge in [-0.1, -0.05) is 85.4 Å². The molecule has 0 heterocycles. The Labute approximate surface area is 346 Å². The summed E-state index contributed by atoms with van der Waals surface area (Å²) in [4.78, 5) is 93.4. The summed E-state index contributed by atoms with van der Waals surface area (Å²) in [5.74, 6) is -10.1. The first-order chi connectivity index (χ1) is 27.3. The van der Waals surface area contributed by atoms with Crippen molar-refractivity contribution in [3.8, 4) is 0 Å². The molecule has 1 fully saturated rings. The lowest BCUT2D eigenvalue weighted by molar-refractivity contribution is -0.199. The van der Waals surface area contributed by atoms with Crippen molar-refractivity contribution >= 4 is 41.8 Å². The molecule has 3 rings (SSSR count). The van der Waals surface area contributed by atoms with Crippen LogP contribution in [0, 0.1) is 29.1 Å². The van der Waals surface area contributed by atoms with Crippen LogP contribution in [0.15, 0.2) is 54.6 Å². The van der Waals surface area contributed by atoms with Crippen molar-refractivity contribution in [2.75, 3.05) is 0 Å². The van der Waals surface area contributed by atoms with E-state index in [0.29, 0.717) is 0 Å². The lowest BCUT2D eigenvalue weighted by Gasteiger charge is -2.46. The van der Waals surface area contributed by atoms with Crippen molar-refractivity contribution in [3.05, 3.63) is 60.2 Å². The predicted octanol–water partition coefficient (Wildman–Crippen LogP) is 5.39. The molecule has 0 aromatic heterocycles. The first kappa shape index (κ1) is 48.3. The maximum atomic E-state index is 14.0. The molecule has 1 aromatic carbocycles. The fraction of sp³-hybridized carbons (Fsp3) is 0.614. The smallest absolute Gasteiger partial charge is 0.338 e. The molecular formula is C44H60O15. The molecule has 15 nitrogen and oxygen atoms in total. The molecule has 1 saturated carbocycles. The Balaban J connectivity index is 2.64. The number of carbonyl (C=O) groups excluding carboxylic acids is 7. The zero-order chi connectivity index (χ0) is 44.8. The molecular weight excluding hydrogens is 768 g/mol. The second-order valence-corrected chi connectivity index (χ2v) is 16.7. The number of hydrogen-bond acceptors (Lipinski definition) is 15. The van der Waals surface area contributed by atoms with E-state index in [0.717, 1.165) is 27.7 Å². The number of ether oxygens (including phenoxy) is 7. The summed E-state index contributed by atoms with van der Waals surface area (Å²) in [7, 11) is 0. The molecule has 1 N–H and O–H groups in total. The summed E-state index contributed by atoms with van der Waals surface area (Å²) in [6.45, 7) is 21.5. The molecule has 15 heteroatoms. The van der Waals surface area contributed by atoms with Crippen LogP contribution in [-0.4, -0.2) is 94.7 Å². The van der Waals surface area contributed by atoms with Gasteiger partial charge in [0.25, 0.3) is 0 Å². The quantitative estimate of drug-likeness (QED) is 0.169. The third-order valence-electron chi connectivity index (χ3n) is 10.8. The average molecular weight is 829 g/mol. The normalized spacial score (nSPS) is 31.5. The van der Waals surface area contributed by atoms with E-state index in [1.807, 2.05) is 0 Å². The summed E-state index contributed by atoms with van der Waals surface area (Å²) in [5, 5.41) is 13.5. The van der Waals surface area contributed by atoms with Gasteiger partial charge in [-0.05, 0) is 25.5 Å². The van der Waals surface area contributed by atoms with E-state index in [1.165, 1.54) is 19.1 Å². The van der Waals surface area contributed by atoms with Gasteiger partial charge in [0.15, 0.2) is 24.4 Å². The van der Waals surface area contributed by atoms with E-state index in [9.17, 15) is 38.7 Å². The van der Waals surface area contributed by atoms with Gasteiger partial charge < -0.3 is 38.3 Å². The molecule has 326 valence electrons. The number of aliphatic hydroxyl groups is 1. The lowest BCUT2D eigenvalue weighted by Crippen LogP contribution is -2.60. The van der Waals surface area contributed by atoms with Crippen LogP contribution in [0.25, 0.3) is 0 Å². The van der Waals surface area contributed by atoms with Crippen LogP contribution in [-0.2, 0) is 61.9 Å². The second-order valence-electron chi connectivity index (χ2n) is 16.7. The number of esters is 7. The Hall–Kier alpha value is -5.05. The van der Waals surface area contributed by atoms with Crippen LogP contribution < -0.4 is 0 Å². The Bertz CT molecular complexity index is 1780. The van der Waals surface area contributed by atoms with E-state index >= 15 is 0 Å². The monoisotopic (exact) mass is 828 g/mol. The molecule has 0 radical (unpaired) electrons. The van der Waals surface area contributed by atoms with Crippen LogP contribution in [0.2, 0.25) is 0 Å². The minimum Gasteiger partial charge on any atom is -0.458 e. The topological polar surface area (TPSA) is 204 Å². The maximum Gasteiger partial charge on any atom is 0.338 e. The molecule has 1 unspecified atom stereocenters. The Morgan fingerprint density at radius 3 is 1.80 bits per heavy atom. The highest BCUT2D eigenvalue weighted by Crippen LogP contribution is 2.54. The van der Waals surface area contributed by atoms with Gasteiger partial charge in [-0.15, -0.1) is 0 Å². The highest BCUT2D eigenvalue weighted by Gasteiger charge is 2.70. The van der Waals surface area contributed by atoms with Crippen LogP contribution in [0.4, 0.5) is 0 Å². The number of hydrogen-bond donors (Lipinski definition) is 1. The van der Waals surface area contributed by atoms with E-state index in [-0.39, 0.29) is 17.6 Å². The first-order valence-electron chi connectivity index (χ1n) is 19.8. The van der Waals surface area contributed by atoms with Crippen LogP contribution >= 0.6 is 0 Å². The van der Waals surface area contributed by atoms with Gasteiger partial charge >= 0.3 is 41.8 Å². The standard InChI is InChI=1S/C44H60O15/c1-14-24(4)40(50)56-33-26(6)34(57-39(49)23(2)3)35(53-27(7)45)38(55-29(9)47)42(11,12)21-20-25(5)36(58-41(51)31-18-16-15-17-19-31)44(52)22-43(13,59-30(10)48)37(32(33)44)54-28(8)46/h15-21,23-25,32-38,52H,6,14,22H2,1-5,7-13H3/b21-20+/t24?,25-,32-,33-,34-,35+,36-,37+,38+,43+,44+/m0/s1. The Kier molecular flexibility index (Phi) is 15.8. The zero-order valence-electron chi connectivity index (χ0n) is 36.1. The molecule has 59 heavy (non-hydrogen) atoms. The van der Waals surface area contributed by atoms with E-state index < -0.39 is 125 Å². The van der Waals surface area contributed by atoms with Gasteiger partial charge in [0, 0.05) is 51.0 Å². The molecule has 0 amide bonds. The first-order valence-corrected chi connectivity index (χ1v) is 19.8. The minimum absolute atomic E-state index is 0.122. The number of fused-ring (bicyclic) bond motifs is 1. The second kappa shape index (κ2) is 19.3. The summed E-state index contributed by atoms with van der Waals surface area (Å²) >= 11 is 0. The average Bonchev–Trinajstić information content (AvgIpc) is 3.35. The van der Waals surface area contributed by atoms with Gasteiger partial charge in [0.1, 0.15) is 23.4 Å². The van der Waals surface area contributed by atoms with E-state index in [4.69, 9.17) is 33.2 Å². The number of rotatable bonds is 11. The van der Waals surface area contributed by atoms with Crippen molar-refractivity contribution < 1.29 is 71.8 Å². The van der Waals surface area contributed by atoms with Crippen LogP contribution in [0.1, 0.15) is 106 Å². The fourth-order valence-electron chi connectivity index (χ4n) is 7.81. The zero-order valence-corrected chi connectivity index (χ0v) is 36.1. The molecule has 0 saturated heterocycles. The highest BCUT2D eigenvalue weighted by molar-refractivity contribution is 5.89. The van der Waals surface area contributed by atoms with Gasteiger partial charge in [-0.25, -0.2) is 4.79 Å². The van der Waals surface area contributed by atoms with Crippen molar-refractivity contribution in [3.63, 3.8) is 0 Å². The van der Waals surface area contributed by atoms with Crippen molar-refractivity contribution in [1.29, 1.82) is 0 Å². The van der Waals surface area contributed by atoms with Crippen molar-refractivity contribution in [2.24, 2.45) is 29.1 Å². The lowest BCUT2D eigenvalue weighted by atomic mass is 9.71. The number of benzene rings is 1. The molecule has 2 aliphatic rings. The molecule has 11 atom stereocenters. The van der Waals surface area contributed by atoms with Crippen molar-refractivity contribution in [2.45, 2.75) is 144 Å². The molecule has 1 aromatic rings. The van der Waals surface area contributed by atoms with Crippen molar-refractivity contribution in [1.82, 2.24) is 0 Å². The largest absolute Gasteiger partial charge is 0.458 e. The highest BCUT2D eigenvalue weighted by atomic mass is 16.6. The Morgan fingerprint density at radius 1 is 0.746 bits per heavy atom. The summed E-state index contributed by atoms with van der Waals surface area (Å²) in [5.41, 5.74) is -5.78. The predicted molar refractivity (Wildman–Crippen MR) is 211 cm³/mol. The van der Waals surface area contributed by atoms with Gasteiger partial charge in [-0.2, -0.15) is 0 Å². The molecule has 0 spiro atoms. The van der Waals surface area contributed by atoms with E-state index in [2.05, 4.69) is 6.58 Å². The van der Waals surface area contributed by atoms with Gasteiger partial charge in [-0.3, -0.25) is 28.8 Å². The molecule has 0 bridgehead atoms. The summed E-state index contributed by atoms with van der Waals surface area (Å²) < 4.78 is 42.2. The minimum atomic E-state index is -2.43. The summed E-state index contributed by atoms with van der Waals surface area (Å²) in [6.07, 6.45) is -7.05. The third-order valence-corrected chi connectivity index (χ3v) is 10.8. The maximum absolute atomic E-state index is 14.0. The third kappa shape index (κ3) is 11.4. The summed E-state index contributed by atoms with van der Waals surface area (Å²) in [6, 6.07) is 7.95.